The molecule has 3 nitrogen and oxygen atoms in total. The van der Waals surface area contributed by atoms with Crippen LogP contribution in [0.1, 0.15) is 38.3 Å². The summed E-state index contributed by atoms with van der Waals surface area (Å²) in [6, 6.07) is 6.40. The minimum atomic E-state index is 0.503. The topological polar surface area (TPSA) is 37.0 Å². The Hall–Kier alpha value is -1.16. The third-order valence-electron chi connectivity index (χ3n) is 3.56. The number of nitrogens with one attached hydrogen (secondary N) is 2. The summed E-state index contributed by atoms with van der Waals surface area (Å²) >= 11 is 5.35. The fourth-order valence-corrected chi connectivity index (χ4v) is 2.72. The van der Waals surface area contributed by atoms with Gasteiger partial charge in [-0.2, -0.15) is 0 Å². The molecule has 0 bridgehead atoms. The zero-order valence-electron chi connectivity index (χ0n) is 11.1. The van der Waals surface area contributed by atoms with E-state index in [1.54, 1.807) is 0 Å². The maximum Gasteiger partial charge on any atom is 0.172 e. The molecule has 18 heavy (non-hydrogen) atoms. The van der Waals surface area contributed by atoms with Crippen molar-refractivity contribution in [1.29, 1.82) is 0 Å². The van der Waals surface area contributed by atoms with Crippen molar-refractivity contribution in [2.24, 2.45) is 5.92 Å². The number of aryl methyl sites for hydroxylation is 1. The molecular weight excluding hydrogens is 242 g/mol. The van der Waals surface area contributed by atoms with E-state index in [0.29, 0.717) is 17.1 Å². The molecule has 2 atom stereocenters. The molecule has 0 spiro atoms. The molecular formula is C14H21N3S. The summed E-state index contributed by atoms with van der Waals surface area (Å²) in [6.07, 6.45) is 5.15. The predicted molar refractivity (Wildman–Crippen MR) is 79.8 cm³/mol. The number of nitrogens with zero attached hydrogens (tertiary/aromatic N) is 1. The van der Waals surface area contributed by atoms with Gasteiger partial charge in [0.15, 0.2) is 5.11 Å². The summed E-state index contributed by atoms with van der Waals surface area (Å²) < 4.78 is 0. The van der Waals surface area contributed by atoms with E-state index in [9.17, 15) is 0 Å². The van der Waals surface area contributed by atoms with Crippen LogP contribution in [0, 0.1) is 12.8 Å². The Morgan fingerprint density at radius 3 is 2.83 bits per heavy atom. The van der Waals surface area contributed by atoms with Gasteiger partial charge in [-0.3, -0.25) is 0 Å². The lowest BCUT2D eigenvalue weighted by molar-refractivity contribution is 0.309. The molecule has 2 unspecified atom stereocenters. The van der Waals surface area contributed by atoms with Crippen molar-refractivity contribution in [1.82, 2.24) is 10.3 Å². The van der Waals surface area contributed by atoms with Crippen LogP contribution in [0.25, 0.3) is 0 Å². The zero-order chi connectivity index (χ0) is 13.0. The fourth-order valence-electron chi connectivity index (χ4n) is 2.46. The van der Waals surface area contributed by atoms with E-state index in [4.69, 9.17) is 12.2 Å². The number of hydrogen-bond donors (Lipinski definition) is 2. The Labute approximate surface area is 114 Å². The van der Waals surface area contributed by atoms with Gasteiger partial charge in [0.25, 0.3) is 0 Å². The summed E-state index contributed by atoms with van der Waals surface area (Å²) in [7, 11) is 0. The first-order valence-electron chi connectivity index (χ1n) is 6.66. The first kappa shape index (κ1) is 13.3. The number of pyridine rings is 1. The Kier molecular flexibility index (Phi) is 4.53. The predicted octanol–water partition coefficient (Wildman–Crippen LogP) is 3.26. The molecule has 0 aliphatic heterocycles. The van der Waals surface area contributed by atoms with Crippen LogP contribution in [0.15, 0.2) is 18.2 Å². The minimum absolute atomic E-state index is 0.503. The molecule has 1 aliphatic carbocycles. The van der Waals surface area contributed by atoms with Gasteiger partial charge in [0.05, 0.1) is 0 Å². The van der Waals surface area contributed by atoms with Gasteiger partial charge in [0, 0.05) is 11.7 Å². The quantitative estimate of drug-likeness (QED) is 0.803. The van der Waals surface area contributed by atoms with Crippen LogP contribution in [0.5, 0.6) is 0 Å². The van der Waals surface area contributed by atoms with Crippen molar-refractivity contribution in [2.45, 2.75) is 45.6 Å². The highest BCUT2D eigenvalue weighted by atomic mass is 32.1. The maximum atomic E-state index is 5.35. The van der Waals surface area contributed by atoms with Crippen molar-refractivity contribution < 1.29 is 0 Å². The van der Waals surface area contributed by atoms with Crippen LogP contribution in [-0.4, -0.2) is 16.1 Å². The molecule has 0 radical (unpaired) electrons. The fraction of sp³-hybridized carbons (Fsp3) is 0.571. The molecule has 1 aromatic rings. The number of aromatic nitrogens is 1. The molecule has 0 aromatic carbocycles. The molecule has 2 N–H and O–H groups in total. The lowest BCUT2D eigenvalue weighted by Crippen LogP contribution is -2.43. The number of thiocarbonyl (C=S) groups is 1. The molecule has 1 aliphatic rings. The second kappa shape index (κ2) is 6.14. The van der Waals surface area contributed by atoms with Gasteiger partial charge in [-0.25, -0.2) is 4.98 Å². The van der Waals surface area contributed by atoms with Gasteiger partial charge in [-0.15, -0.1) is 0 Å². The van der Waals surface area contributed by atoms with Crippen LogP contribution in [0.4, 0.5) is 5.82 Å². The normalized spacial score (nSPS) is 23.4. The van der Waals surface area contributed by atoms with Gasteiger partial charge >= 0.3 is 0 Å². The van der Waals surface area contributed by atoms with E-state index < -0.39 is 0 Å². The highest BCUT2D eigenvalue weighted by Gasteiger charge is 2.21. The second-order valence-electron chi connectivity index (χ2n) is 5.13. The molecule has 4 heteroatoms. The lowest BCUT2D eigenvalue weighted by atomic mass is 9.86. The van der Waals surface area contributed by atoms with Gasteiger partial charge in [0.1, 0.15) is 5.82 Å². The standard InChI is InChI=1S/C14H21N3S/c1-10-6-3-4-8-12(10)16-14(18)17-13-9-5-7-11(2)15-13/h5,7,9-10,12H,3-4,6,8H2,1-2H3,(H2,15,16,17,18). The summed E-state index contributed by atoms with van der Waals surface area (Å²) in [5.41, 5.74) is 0.994. The highest BCUT2D eigenvalue weighted by Crippen LogP contribution is 2.23. The van der Waals surface area contributed by atoms with Gasteiger partial charge in [0.2, 0.25) is 0 Å². The Balaban J connectivity index is 1.88. The maximum absolute atomic E-state index is 5.35. The highest BCUT2D eigenvalue weighted by molar-refractivity contribution is 7.80. The van der Waals surface area contributed by atoms with E-state index >= 15 is 0 Å². The first-order valence-corrected chi connectivity index (χ1v) is 7.07. The molecule has 1 aromatic heterocycles. The van der Waals surface area contributed by atoms with E-state index in [2.05, 4.69) is 22.5 Å². The summed E-state index contributed by atoms with van der Waals surface area (Å²) in [5.74, 6) is 1.51. The van der Waals surface area contributed by atoms with Gasteiger partial charge in [-0.1, -0.05) is 25.8 Å². The lowest BCUT2D eigenvalue weighted by Gasteiger charge is -2.30. The van der Waals surface area contributed by atoms with Crippen LogP contribution in [-0.2, 0) is 0 Å². The molecule has 1 heterocycles. The SMILES string of the molecule is Cc1cccc(NC(=S)NC2CCCCC2C)n1. The molecule has 2 rings (SSSR count). The Morgan fingerprint density at radius 1 is 1.33 bits per heavy atom. The van der Waals surface area contributed by atoms with Crippen LogP contribution >= 0.6 is 12.2 Å². The summed E-state index contributed by atoms with van der Waals surface area (Å²) in [5, 5.41) is 7.26. The molecule has 98 valence electrons. The summed E-state index contributed by atoms with van der Waals surface area (Å²) in [4.78, 5) is 4.39. The Bertz CT molecular complexity index is 419. The average molecular weight is 263 g/mol. The number of hydrogen-bond acceptors (Lipinski definition) is 2. The largest absolute Gasteiger partial charge is 0.359 e. The van der Waals surface area contributed by atoms with E-state index in [-0.39, 0.29) is 0 Å². The van der Waals surface area contributed by atoms with E-state index in [0.717, 1.165) is 11.5 Å². The second-order valence-corrected chi connectivity index (χ2v) is 5.54. The van der Waals surface area contributed by atoms with Gasteiger partial charge in [-0.05, 0) is 50.0 Å². The van der Waals surface area contributed by atoms with Crippen molar-refractivity contribution in [2.75, 3.05) is 5.32 Å². The first-order chi connectivity index (χ1) is 8.65. The van der Waals surface area contributed by atoms with Crippen LogP contribution in [0.2, 0.25) is 0 Å². The number of rotatable bonds is 2. The van der Waals surface area contributed by atoms with Crippen LogP contribution in [0.3, 0.4) is 0 Å². The molecule has 0 saturated heterocycles. The van der Waals surface area contributed by atoms with Crippen molar-refractivity contribution >= 4 is 23.1 Å². The smallest absolute Gasteiger partial charge is 0.172 e. The monoisotopic (exact) mass is 263 g/mol. The van der Waals surface area contributed by atoms with Crippen LogP contribution < -0.4 is 10.6 Å². The molecule has 0 amide bonds. The Morgan fingerprint density at radius 2 is 2.11 bits per heavy atom. The zero-order valence-corrected chi connectivity index (χ0v) is 11.9. The third kappa shape index (κ3) is 3.67. The molecule has 1 saturated carbocycles. The van der Waals surface area contributed by atoms with Crippen molar-refractivity contribution in [3.63, 3.8) is 0 Å². The number of anilines is 1. The van der Waals surface area contributed by atoms with E-state index in [1.807, 2.05) is 25.1 Å². The van der Waals surface area contributed by atoms with Gasteiger partial charge < -0.3 is 10.6 Å². The van der Waals surface area contributed by atoms with Crippen molar-refractivity contribution in [3.05, 3.63) is 23.9 Å². The van der Waals surface area contributed by atoms with E-state index in [1.165, 1.54) is 25.7 Å². The molecule has 1 fully saturated rings. The third-order valence-corrected chi connectivity index (χ3v) is 3.78. The van der Waals surface area contributed by atoms with Crippen molar-refractivity contribution in [3.8, 4) is 0 Å². The minimum Gasteiger partial charge on any atom is -0.359 e. The summed E-state index contributed by atoms with van der Waals surface area (Å²) in [6.45, 7) is 4.27. The average Bonchev–Trinajstić information content (AvgIpc) is 2.32.